The summed E-state index contributed by atoms with van der Waals surface area (Å²) in [6.07, 6.45) is 8.67. The molecule has 9 rings (SSSR count). The number of benzene rings is 7. The summed E-state index contributed by atoms with van der Waals surface area (Å²) in [5.74, 6) is 0. The number of para-hydroxylation sites is 2. The summed E-state index contributed by atoms with van der Waals surface area (Å²) in [6.45, 7) is 0. The van der Waals surface area contributed by atoms with Crippen LogP contribution in [0.2, 0.25) is 0 Å². The lowest BCUT2D eigenvalue weighted by Gasteiger charge is -2.15. The van der Waals surface area contributed by atoms with Crippen molar-refractivity contribution in [3.05, 3.63) is 174 Å². The molecule has 0 spiro atoms. The van der Waals surface area contributed by atoms with E-state index in [0.717, 1.165) is 10.9 Å². The fourth-order valence-electron chi connectivity index (χ4n) is 6.98. The fourth-order valence-corrected chi connectivity index (χ4v) is 6.98. The molecule has 0 aliphatic carbocycles. The zero-order valence-electron chi connectivity index (χ0n) is 25.2. The molecule has 216 valence electrons. The highest BCUT2D eigenvalue weighted by Gasteiger charge is 2.16. The minimum atomic E-state index is 1.08. The molecule has 0 radical (unpaired) electrons. The molecule has 0 bridgehead atoms. The number of nitrogens with zero attached hydrogens (tertiary/aromatic N) is 1. The Morgan fingerprint density at radius 2 is 1.20 bits per heavy atom. The van der Waals surface area contributed by atoms with Gasteiger partial charge in [0, 0.05) is 33.6 Å². The average molecular weight is 587 g/mol. The molecule has 0 unspecified atom stereocenters. The van der Waals surface area contributed by atoms with Crippen molar-refractivity contribution in [1.29, 1.82) is 0 Å². The van der Waals surface area contributed by atoms with E-state index in [4.69, 9.17) is 0 Å². The normalized spacial score (nSPS) is 13.1. The zero-order valence-corrected chi connectivity index (χ0v) is 25.2. The molecule has 1 aliphatic heterocycles. The second-order valence-electron chi connectivity index (χ2n) is 11.9. The Kier molecular flexibility index (Phi) is 6.17. The van der Waals surface area contributed by atoms with E-state index in [1.807, 2.05) is 0 Å². The van der Waals surface area contributed by atoms with Crippen LogP contribution in [0.3, 0.4) is 0 Å². The van der Waals surface area contributed by atoms with E-state index in [9.17, 15) is 0 Å². The second-order valence-corrected chi connectivity index (χ2v) is 11.9. The highest BCUT2D eigenvalue weighted by molar-refractivity contribution is 6.11. The standard InChI is InChI=1S/C44H30N2/c1-2-13-35-29-45-41-20-7-5-18-37(41)39-27-33(24-23-32(39)15-9-14-30(35)11-1)34-25-26-44-40(28-34)38-19-6-8-21-43(38)46(44)42-22-10-16-31-12-3-4-17-36(31)42/h1-29,45H/b15-9?,30-14?,35-29+. The molecule has 1 aliphatic rings. The first-order valence-electron chi connectivity index (χ1n) is 15.8. The van der Waals surface area contributed by atoms with Crippen LogP contribution in [0.1, 0.15) is 5.56 Å². The molecule has 7 aromatic carbocycles. The maximum Gasteiger partial charge on any atom is 0.0541 e. The third-order valence-corrected chi connectivity index (χ3v) is 9.21. The Morgan fingerprint density at radius 1 is 0.478 bits per heavy atom. The van der Waals surface area contributed by atoms with E-state index in [-0.39, 0.29) is 0 Å². The molecule has 8 aromatic rings. The van der Waals surface area contributed by atoms with Gasteiger partial charge in [-0.25, -0.2) is 0 Å². The molecule has 0 atom stereocenters. The minimum Gasteiger partial charge on any atom is -0.361 e. The third-order valence-electron chi connectivity index (χ3n) is 9.21. The summed E-state index contributed by atoms with van der Waals surface area (Å²) >= 11 is 0. The van der Waals surface area contributed by atoms with Crippen molar-refractivity contribution in [2.75, 3.05) is 5.32 Å². The van der Waals surface area contributed by atoms with Crippen molar-refractivity contribution in [2.24, 2.45) is 0 Å². The Hall–Kier alpha value is -6.12. The topological polar surface area (TPSA) is 17.0 Å². The van der Waals surface area contributed by atoms with Crippen molar-refractivity contribution in [2.45, 2.75) is 0 Å². The summed E-state index contributed by atoms with van der Waals surface area (Å²) in [4.78, 5) is 0. The Balaban J connectivity index is 1.23. The van der Waals surface area contributed by atoms with Crippen LogP contribution in [0.25, 0.3) is 78.9 Å². The van der Waals surface area contributed by atoms with Gasteiger partial charge in [0.25, 0.3) is 0 Å². The van der Waals surface area contributed by atoms with Crippen molar-refractivity contribution < 1.29 is 0 Å². The first kappa shape index (κ1) is 26.3. The molecule has 2 heterocycles. The molecule has 0 saturated heterocycles. The van der Waals surface area contributed by atoms with Crippen molar-refractivity contribution >= 4 is 56.6 Å². The second kappa shape index (κ2) is 10.8. The number of hydrogen-bond acceptors (Lipinski definition) is 1. The van der Waals surface area contributed by atoms with Crippen molar-refractivity contribution in [3.8, 4) is 27.9 Å². The summed E-state index contributed by atoms with van der Waals surface area (Å²) in [5, 5.41) is 11.0. The van der Waals surface area contributed by atoms with Gasteiger partial charge in [-0.3, -0.25) is 0 Å². The van der Waals surface area contributed by atoms with Crippen LogP contribution >= 0.6 is 0 Å². The minimum absolute atomic E-state index is 1.08. The summed E-state index contributed by atoms with van der Waals surface area (Å²) < 4.78 is 2.42. The lowest BCUT2D eigenvalue weighted by atomic mass is 9.93. The predicted molar refractivity (Wildman–Crippen MR) is 196 cm³/mol. The smallest absolute Gasteiger partial charge is 0.0541 e. The highest BCUT2D eigenvalue weighted by atomic mass is 15.0. The van der Waals surface area contributed by atoms with Crippen molar-refractivity contribution in [3.63, 3.8) is 0 Å². The van der Waals surface area contributed by atoms with E-state index in [2.05, 4.69) is 186 Å². The number of allylic oxidation sites excluding steroid dienone is 1. The van der Waals surface area contributed by atoms with Gasteiger partial charge >= 0.3 is 0 Å². The van der Waals surface area contributed by atoms with Crippen LogP contribution in [-0.2, 0) is 0 Å². The van der Waals surface area contributed by atoms with Gasteiger partial charge in [0.1, 0.15) is 0 Å². The van der Waals surface area contributed by atoms with Gasteiger partial charge in [-0.05, 0) is 74.5 Å². The first-order chi connectivity index (χ1) is 22.8. The van der Waals surface area contributed by atoms with E-state index >= 15 is 0 Å². The Labute approximate surface area is 267 Å². The SMILES string of the molecule is C1=Cc2ccc(-c3ccc4c(c3)c3ccccc3n4-c3cccc4ccccc34)cc2-c2ccccc2N/C=c2\ccccc2=C1. The summed E-state index contributed by atoms with van der Waals surface area (Å²) in [5.41, 5.74) is 10.7. The molecule has 46 heavy (non-hydrogen) atoms. The molecular weight excluding hydrogens is 556 g/mol. The number of fused-ring (bicyclic) bond motifs is 8. The molecule has 2 nitrogen and oxygen atoms in total. The van der Waals surface area contributed by atoms with Gasteiger partial charge in [-0.2, -0.15) is 0 Å². The molecule has 1 N–H and O–H groups in total. The molecule has 2 heteroatoms. The van der Waals surface area contributed by atoms with Crippen LogP contribution in [0.4, 0.5) is 5.69 Å². The van der Waals surface area contributed by atoms with Crippen LogP contribution < -0.4 is 15.8 Å². The van der Waals surface area contributed by atoms with E-state index in [1.54, 1.807) is 0 Å². The van der Waals surface area contributed by atoms with E-state index in [1.165, 1.54) is 71.3 Å². The summed E-state index contributed by atoms with van der Waals surface area (Å²) in [6, 6.07) is 54.8. The van der Waals surface area contributed by atoms with E-state index in [0.29, 0.717) is 0 Å². The molecule has 0 fully saturated rings. The van der Waals surface area contributed by atoms with E-state index < -0.39 is 0 Å². The van der Waals surface area contributed by atoms with Gasteiger partial charge in [-0.1, -0.05) is 133 Å². The third kappa shape index (κ3) is 4.35. The number of aromatic nitrogens is 1. The largest absolute Gasteiger partial charge is 0.361 e. The fraction of sp³-hybridized carbons (Fsp3) is 0. The quantitative estimate of drug-likeness (QED) is 0.213. The Bertz CT molecular complexity index is 2610. The number of nitrogens with one attached hydrogen (secondary N) is 1. The highest BCUT2D eigenvalue weighted by Crippen LogP contribution is 2.39. The zero-order chi connectivity index (χ0) is 30.5. The van der Waals surface area contributed by atoms with Crippen LogP contribution in [-0.4, -0.2) is 4.57 Å². The Morgan fingerprint density at radius 3 is 2.15 bits per heavy atom. The first-order valence-corrected chi connectivity index (χ1v) is 15.8. The van der Waals surface area contributed by atoms with Crippen molar-refractivity contribution in [1.82, 2.24) is 4.57 Å². The molecule has 0 amide bonds. The number of anilines is 1. The monoisotopic (exact) mass is 586 g/mol. The van der Waals surface area contributed by atoms with Crippen LogP contribution in [0, 0.1) is 0 Å². The predicted octanol–water partition coefficient (Wildman–Crippen LogP) is 9.93. The van der Waals surface area contributed by atoms with Gasteiger partial charge in [-0.15, -0.1) is 0 Å². The maximum atomic E-state index is 3.62. The van der Waals surface area contributed by atoms with Crippen LogP contribution in [0.15, 0.2) is 158 Å². The number of rotatable bonds is 2. The van der Waals surface area contributed by atoms with Gasteiger partial charge in [0.2, 0.25) is 0 Å². The van der Waals surface area contributed by atoms with Gasteiger partial charge in [0.15, 0.2) is 0 Å². The molecule has 1 aromatic heterocycles. The average Bonchev–Trinajstić information content (AvgIpc) is 3.43. The number of hydrogen-bond donors (Lipinski definition) is 1. The summed E-state index contributed by atoms with van der Waals surface area (Å²) in [7, 11) is 0. The van der Waals surface area contributed by atoms with Crippen LogP contribution in [0.5, 0.6) is 0 Å². The lowest BCUT2D eigenvalue weighted by molar-refractivity contribution is 1.20. The van der Waals surface area contributed by atoms with Gasteiger partial charge < -0.3 is 9.88 Å². The maximum absolute atomic E-state index is 3.62. The lowest BCUT2D eigenvalue weighted by Crippen LogP contribution is -2.24. The van der Waals surface area contributed by atoms with Gasteiger partial charge in [0.05, 0.1) is 16.7 Å². The molecule has 0 saturated carbocycles. The molecular formula is C44H30N2.